The lowest BCUT2D eigenvalue weighted by Gasteiger charge is -2.32. The van der Waals surface area contributed by atoms with Gasteiger partial charge >= 0.3 is 0 Å². The molecule has 7 heteroatoms. The molecule has 2 aromatic rings. The third-order valence-corrected chi connectivity index (χ3v) is 5.04. The number of hydrogen-bond donors (Lipinski definition) is 1. The van der Waals surface area contributed by atoms with Crippen molar-refractivity contribution >= 4 is 17.5 Å². The van der Waals surface area contributed by atoms with E-state index in [1.54, 1.807) is 30.0 Å². The molecule has 1 atom stereocenters. The molecule has 6 nitrogen and oxygen atoms in total. The Bertz CT molecular complexity index is 849. The van der Waals surface area contributed by atoms with E-state index >= 15 is 0 Å². The molecule has 0 saturated carbocycles. The number of piperidine rings is 1. The van der Waals surface area contributed by atoms with Gasteiger partial charge in [0.25, 0.3) is 11.9 Å². The average molecular weight is 388 g/mol. The normalized spacial score (nSPS) is 16.7. The first-order valence-corrected chi connectivity index (χ1v) is 9.45. The number of halogens is 1. The predicted octanol–water partition coefficient (Wildman–Crippen LogP) is 4.01. The Hall–Kier alpha value is -2.83. The van der Waals surface area contributed by atoms with Crippen LogP contribution in [0, 0.1) is 18.7 Å². The van der Waals surface area contributed by atoms with Gasteiger partial charge in [0.2, 0.25) is 5.91 Å². The van der Waals surface area contributed by atoms with Crippen LogP contribution < -0.4 is 10.1 Å². The molecule has 1 N–H and O–H groups in total. The van der Waals surface area contributed by atoms with Crippen molar-refractivity contribution in [3.63, 3.8) is 0 Å². The van der Waals surface area contributed by atoms with E-state index in [1.807, 2.05) is 0 Å². The number of hydrogen-bond acceptors (Lipinski definition) is 4. The Morgan fingerprint density at radius 1 is 1.32 bits per heavy atom. The van der Waals surface area contributed by atoms with Crippen LogP contribution in [0.15, 0.2) is 34.7 Å². The van der Waals surface area contributed by atoms with Crippen molar-refractivity contribution in [2.24, 2.45) is 5.92 Å². The fourth-order valence-corrected chi connectivity index (χ4v) is 3.50. The van der Waals surface area contributed by atoms with Gasteiger partial charge in [-0.1, -0.05) is 0 Å². The summed E-state index contributed by atoms with van der Waals surface area (Å²) in [5, 5.41) is 2.83. The first-order valence-electron chi connectivity index (χ1n) is 9.45. The molecule has 0 bridgehead atoms. The first kappa shape index (κ1) is 19.9. The van der Waals surface area contributed by atoms with Gasteiger partial charge in [-0.25, -0.2) is 4.39 Å². The quantitative estimate of drug-likeness (QED) is 0.812. The van der Waals surface area contributed by atoms with E-state index in [2.05, 4.69) is 5.32 Å². The Labute approximate surface area is 163 Å². The van der Waals surface area contributed by atoms with Gasteiger partial charge in [0.1, 0.15) is 5.82 Å². The second-order valence-electron chi connectivity index (χ2n) is 7.13. The number of nitrogens with zero attached hydrogens (tertiary/aromatic N) is 1. The number of aryl methyl sites for hydroxylation is 1. The molecular formula is C21H25FN2O4. The van der Waals surface area contributed by atoms with E-state index in [0.717, 1.165) is 12.8 Å². The predicted molar refractivity (Wildman–Crippen MR) is 103 cm³/mol. The molecular weight excluding hydrogens is 363 g/mol. The summed E-state index contributed by atoms with van der Waals surface area (Å²) < 4.78 is 23.5. The number of likely N-dealkylation sites (tertiary alicyclic amines) is 1. The number of rotatable bonds is 6. The summed E-state index contributed by atoms with van der Waals surface area (Å²) in [4.78, 5) is 26.6. The fraction of sp³-hybridized carbons (Fsp3) is 0.429. The second kappa shape index (κ2) is 8.91. The summed E-state index contributed by atoms with van der Waals surface area (Å²) in [5.74, 6) is 0.256. The van der Waals surface area contributed by atoms with E-state index < -0.39 is 0 Å². The van der Waals surface area contributed by atoms with Crippen LogP contribution >= 0.6 is 0 Å². The van der Waals surface area contributed by atoms with Crippen molar-refractivity contribution in [1.82, 2.24) is 4.90 Å². The highest BCUT2D eigenvalue weighted by atomic mass is 19.1. The lowest BCUT2D eigenvalue weighted by molar-refractivity contribution is -0.116. The molecule has 0 aliphatic carbocycles. The van der Waals surface area contributed by atoms with Gasteiger partial charge in [-0.15, -0.1) is 0 Å². The molecule has 2 heterocycles. The highest BCUT2D eigenvalue weighted by Crippen LogP contribution is 2.25. The van der Waals surface area contributed by atoms with Crippen molar-refractivity contribution in [1.29, 1.82) is 0 Å². The van der Waals surface area contributed by atoms with Gasteiger partial charge in [0.15, 0.2) is 5.76 Å². The maximum Gasteiger partial charge on any atom is 0.289 e. The lowest BCUT2D eigenvalue weighted by atomic mass is 9.93. The Balaban J connectivity index is 1.50. The van der Waals surface area contributed by atoms with Crippen LogP contribution in [0.3, 0.4) is 0 Å². The molecule has 0 spiro atoms. The molecule has 0 radical (unpaired) electrons. The smallest absolute Gasteiger partial charge is 0.289 e. The maximum absolute atomic E-state index is 13.2. The van der Waals surface area contributed by atoms with E-state index in [-0.39, 0.29) is 29.3 Å². The zero-order chi connectivity index (χ0) is 20.1. The van der Waals surface area contributed by atoms with Crippen molar-refractivity contribution in [3.05, 3.63) is 47.5 Å². The van der Waals surface area contributed by atoms with Crippen molar-refractivity contribution < 1.29 is 23.1 Å². The summed E-state index contributed by atoms with van der Waals surface area (Å²) in [7, 11) is 1.49. The topological polar surface area (TPSA) is 71.8 Å². The molecule has 28 heavy (non-hydrogen) atoms. The number of nitrogens with one attached hydrogen (secondary N) is 1. The van der Waals surface area contributed by atoms with E-state index in [1.165, 1.54) is 19.2 Å². The molecule has 3 rings (SSSR count). The van der Waals surface area contributed by atoms with Crippen molar-refractivity contribution in [2.45, 2.75) is 32.6 Å². The van der Waals surface area contributed by atoms with Gasteiger partial charge in [0, 0.05) is 31.3 Å². The SMILES string of the molecule is COc1ccc(C(=O)N2CCCC(CCC(=O)Nc3ccc(F)cc3C)C2)o1. The largest absolute Gasteiger partial charge is 0.468 e. The lowest BCUT2D eigenvalue weighted by Crippen LogP contribution is -2.40. The number of anilines is 1. The number of methoxy groups -OCH3 is 1. The molecule has 1 aromatic carbocycles. The van der Waals surface area contributed by atoms with Crippen LogP contribution in [0.2, 0.25) is 0 Å². The maximum atomic E-state index is 13.2. The van der Waals surface area contributed by atoms with E-state index in [0.29, 0.717) is 43.1 Å². The molecule has 150 valence electrons. The number of furan rings is 1. The minimum Gasteiger partial charge on any atom is -0.468 e. The van der Waals surface area contributed by atoms with Gasteiger partial charge in [-0.2, -0.15) is 0 Å². The molecule has 1 unspecified atom stereocenters. The third kappa shape index (κ3) is 4.91. The molecule has 1 fully saturated rings. The van der Waals surface area contributed by atoms with Crippen LogP contribution in [-0.4, -0.2) is 36.9 Å². The second-order valence-corrected chi connectivity index (χ2v) is 7.13. The van der Waals surface area contributed by atoms with Gasteiger partial charge < -0.3 is 19.4 Å². The fourth-order valence-electron chi connectivity index (χ4n) is 3.50. The van der Waals surface area contributed by atoms with Gasteiger partial charge in [-0.05, 0) is 61.9 Å². The standard InChI is InChI=1S/C21H25FN2O4/c1-14-12-16(22)6-7-17(14)23-19(25)9-5-15-4-3-11-24(13-15)21(26)18-8-10-20(27-2)28-18/h6-8,10,12,15H,3-5,9,11,13H2,1-2H3,(H,23,25). The average Bonchev–Trinajstić information content (AvgIpc) is 3.17. The molecule has 1 aliphatic rings. The first-order chi connectivity index (χ1) is 13.5. The van der Waals surface area contributed by atoms with Crippen LogP contribution in [0.4, 0.5) is 10.1 Å². The molecule has 1 aliphatic heterocycles. The Morgan fingerprint density at radius 2 is 2.14 bits per heavy atom. The zero-order valence-electron chi connectivity index (χ0n) is 16.2. The Morgan fingerprint density at radius 3 is 2.86 bits per heavy atom. The number of ether oxygens (including phenoxy) is 1. The summed E-state index contributed by atoms with van der Waals surface area (Å²) >= 11 is 0. The Kier molecular flexibility index (Phi) is 6.34. The number of benzene rings is 1. The van der Waals surface area contributed by atoms with E-state index in [9.17, 15) is 14.0 Å². The van der Waals surface area contributed by atoms with Crippen molar-refractivity contribution in [2.75, 3.05) is 25.5 Å². The number of amides is 2. The number of carbonyl (C=O) groups is 2. The third-order valence-electron chi connectivity index (χ3n) is 5.04. The summed E-state index contributed by atoms with van der Waals surface area (Å²) in [5.41, 5.74) is 1.32. The van der Waals surface area contributed by atoms with Crippen molar-refractivity contribution in [3.8, 4) is 5.95 Å². The highest BCUT2D eigenvalue weighted by molar-refractivity contribution is 5.92. The molecule has 1 saturated heterocycles. The van der Waals surface area contributed by atoms with Crippen LogP contribution in [0.25, 0.3) is 0 Å². The van der Waals surface area contributed by atoms with Gasteiger partial charge in [0.05, 0.1) is 7.11 Å². The highest BCUT2D eigenvalue weighted by Gasteiger charge is 2.26. The monoisotopic (exact) mass is 388 g/mol. The number of carbonyl (C=O) groups excluding carboxylic acids is 2. The minimum absolute atomic E-state index is 0.103. The van der Waals surface area contributed by atoms with E-state index in [4.69, 9.17) is 9.15 Å². The van der Waals surface area contributed by atoms with Crippen LogP contribution in [0.1, 0.15) is 41.8 Å². The molecule has 2 amide bonds. The van der Waals surface area contributed by atoms with Gasteiger partial charge in [-0.3, -0.25) is 9.59 Å². The van der Waals surface area contributed by atoms with Crippen LogP contribution in [0.5, 0.6) is 5.95 Å². The summed E-state index contributed by atoms with van der Waals surface area (Å²) in [6, 6.07) is 7.53. The molecule has 1 aromatic heterocycles. The zero-order valence-corrected chi connectivity index (χ0v) is 16.2. The summed E-state index contributed by atoms with van der Waals surface area (Å²) in [6.07, 6.45) is 2.93. The van der Waals surface area contributed by atoms with Crippen LogP contribution in [-0.2, 0) is 4.79 Å². The summed E-state index contributed by atoms with van der Waals surface area (Å²) in [6.45, 7) is 3.04. The minimum atomic E-state index is -0.323.